The third-order valence-corrected chi connectivity index (χ3v) is 2.85. The first kappa shape index (κ1) is 11.0. The van der Waals surface area contributed by atoms with E-state index in [9.17, 15) is 0 Å². The van der Waals surface area contributed by atoms with Crippen molar-refractivity contribution in [1.29, 1.82) is 0 Å². The lowest BCUT2D eigenvalue weighted by Crippen LogP contribution is -2.01. The van der Waals surface area contributed by atoms with Gasteiger partial charge in [-0.05, 0) is 12.1 Å². The molecule has 2 aromatic heterocycles. The van der Waals surface area contributed by atoms with Gasteiger partial charge in [0.2, 0.25) is 0 Å². The third-order valence-electron chi connectivity index (χ3n) is 1.98. The van der Waals surface area contributed by atoms with Gasteiger partial charge in [0, 0.05) is 18.7 Å². The smallest absolute Gasteiger partial charge is 0.126 e. The Hall–Kier alpha value is -1.46. The lowest BCUT2D eigenvalue weighted by atomic mass is 10.4. The van der Waals surface area contributed by atoms with Crippen molar-refractivity contribution in [2.45, 2.75) is 13.2 Å². The number of nitrogens with zero attached hydrogens (tertiary/aromatic N) is 2. The zero-order valence-electron chi connectivity index (χ0n) is 9.01. The minimum absolute atomic E-state index is 0.578. The van der Waals surface area contributed by atoms with Crippen LogP contribution >= 0.6 is 11.3 Å². The van der Waals surface area contributed by atoms with Gasteiger partial charge in [-0.3, -0.25) is 0 Å². The zero-order valence-corrected chi connectivity index (χ0v) is 9.83. The molecule has 0 atom stereocenters. The Balaban J connectivity index is 1.89. The summed E-state index contributed by atoms with van der Waals surface area (Å²) in [6.45, 7) is 1.27. The van der Waals surface area contributed by atoms with Crippen LogP contribution in [-0.2, 0) is 17.9 Å². The van der Waals surface area contributed by atoms with Gasteiger partial charge in [0.05, 0.1) is 18.8 Å². The minimum Gasteiger partial charge on any atom is -0.378 e. The van der Waals surface area contributed by atoms with Gasteiger partial charge in [-0.15, -0.1) is 11.3 Å². The molecule has 0 aliphatic rings. The number of anilines is 1. The van der Waals surface area contributed by atoms with E-state index in [0.717, 1.165) is 16.5 Å². The lowest BCUT2D eigenvalue weighted by molar-refractivity contribution is 0.184. The molecule has 0 aliphatic heterocycles. The van der Waals surface area contributed by atoms with E-state index in [1.807, 2.05) is 23.6 Å². The average molecular weight is 235 g/mol. The number of rotatable bonds is 5. The molecular weight excluding hydrogens is 222 g/mol. The molecule has 2 aromatic rings. The molecule has 0 unspecified atom stereocenters. The molecule has 0 aromatic carbocycles. The predicted molar refractivity (Wildman–Crippen MR) is 64.4 cm³/mol. The van der Waals surface area contributed by atoms with E-state index in [2.05, 4.69) is 15.3 Å². The van der Waals surface area contributed by atoms with Gasteiger partial charge in [0.25, 0.3) is 0 Å². The summed E-state index contributed by atoms with van der Waals surface area (Å²) in [6, 6.07) is 5.78. The highest BCUT2D eigenvalue weighted by atomic mass is 32.1. The molecule has 0 spiro atoms. The number of hydrogen-bond donors (Lipinski definition) is 1. The van der Waals surface area contributed by atoms with Crippen LogP contribution in [0.5, 0.6) is 0 Å². The van der Waals surface area contributed by atoms with Gasteiger partial charge in [0.15, 0.2) is 0 Å². The van der Waals surface area contributed by atoms with E-state index in [4.69, 9.17) is 4.74 Å². The van der Waals surface area contributed by atoms with Crippen molar-refractivity contribution < 1.29 is 4.74 Å². The van der Waals surface area contributed by atoms with Gasteiger partial charge in [-0.25, -0.2) is 9.97 Å². The fourth-order valence-corrected chi connectivity index (χ4v) is 2.03. The normalized spacial score (nSPS) is 10.3. The number of thiazole rings is 1. The van der Waals surface area contributed by atoms with E-state index in [0.29, 0.717) is 13.2 Å². The van der Waals surface area contributed by atoms with Crippen LogP contribution in [0.4, 0.5) is 5.82 Å². The molecule has 0 bridgehead atoms. The van der Waals surface area contributed by atoms with Crippen molar-refractivity contribution >= 4 is 17.2 Å². The summed E-state index contributed by atoms with van der Waals surface area (Å²) in [7, 11) is 1.67. The maximum absolute atomic E-state index is 5.02. The fraction of sp³-hybridized carbons (Fsp3) is 0.273. The minimum atomic E-state index is 0.578. The van der Waals surface area contributed by atoms with Crippen molar-refractivity contribution in [2.75, 3.05) is 12.4 Å². The van der Waals surface area contributed by atoms with Crippen LogP contribution in [0, 0.1) is 0 Å². The Labute approximate surface area is 98.3 Å². The Bertz CT molecular complexity index is 430. The molecule has 0 fully saturated rings. The number of methoxy groups -OCH3 is 1. The molecule has 0 aliphatic carbocycles. The molecule has 2 rings (SSSR count). The molecule has 4 nitrogen and oxygen atoms in total. The first-order valence-corrected chi connectivity index (χ1v) is 5.83. The quantitative estimate of drug-likeness (QED) is 0.863. The molecule has 16 heavy (non-hydrogen) atoms. The summed E-state index contributed by atoms with van der Waals surface area (Å²) in [5.74, 6) is 0.865. The average Bonchev–Trinajstić information content (AvgIpc) is 2.76. The molecule has 5 heteroatoms. The molecule has 0 saturated carbocycles. The largest absolute Gasteiger partial charge is 0.378 e. The topological polar surface area (TPSA) is 47.0 Å². The number of ether oxygens (including phenoxy) is 1. The third kappa shape index (κ3) is 3.01. The maximum atomic E-state index is 5.02. The van der Waals surface area contributed by atoms with Crippen molar-refractivity contribution in [3.8, 4) is 0 Å². The van der Waals surface area contributed by atoms with E-state index >= 15 is 0 Å². The number of nitrogens with one attached hydrogen (secondary N) is 1. The van der Waals surface area contributed by atoms with Crippen molar-refractivity contribution in [3.63, 3.8) is 0 Å². The zero-order chi connectivity index (χ0) is 11.2. The summed E-state index contributed by atoms with van der Waals surface area (Å²) < 4.78 is 5.02. The van der Waals surface area contributed by atoms with Gasteiger partial charge < -0.3 is 10.1 Å². The molecule has 0 radical (unpaired) electrons. The molecule has 0 saturated heterocycles. The molecular formula is C11H13N3OS. The van der Waals surface area contributed by atoms with E-state index in [1.165, 1.54) is 0 Å². The summed E-state index contributed by atoms with van der Waals surface area (Å²) in [5.41, 5.74) is 1.02. The molecule has 2 heterocycles. The Morgan fingerprint density at radius 2 is 2.38 bits per heavy atom. The first-order chi connectivity index (χ1) is 7.88. The van der Waals surface area contributed by atoms with Crippen LogP contribution in [0.15, 0.2) is 29.8 Å². The summed E-state index contributed by atoms with van der Waals surface area (Å²) in [6.07, 6.45) is 1.76. The second-order valence-corrected chi connectivity index (χ2v) is 4.18. The fourth-order valence-electron chi connectivity index (χ4n) is 1.27. The van der Waals surface area contributed by atoms with Crippen LogP contribution in [0.3, 0.4) is 0 Å². The summed E-state index contributed by atoms with van der Waals surface area (Å²) in [5, 5.41) is 6.24. The maximum Gasteiger partial charge on any atom is 0.126 e. The van der Waals surface area contributed by atoms with E-state index in [1.54, 1.807) is 24.6 Å². The standard InChI is InChI=1S/C11H13N3OS/c1-15-7-11-14-9(8-16-11)6-13-10-4-2-3-5-12-10/h2-5,8H,6-7H2,1H3,(H,12,13). The van der Waals surface area contributed by atoms with Crippen LogP contribution in [0.25, 0.3) is 0 Å². The highest BCUT2D eigenvalue weighted by Crippen LogP contribution is 2.12. The van der Waals surface area contributed by atoms with E-state index < -0.39 is 0 Å². The molecule has 84 valence electrons. The van der Waals surface area contributed by atoms with Crippen molar-refractivity contribution in [1.82, 2.24) is 9.97 Å². The second kappa shape index (κ2) is 5.58. The van der Waals surface area contributed by atoms with Crippen molar-refractivity contribution in [2.24, 2.45) is 0 Å². The van der Waals surface area contributed by atoms with Gasteiger partial charge >= 0.3 is 0 Å². The molecule has 0 amide bonds. The molecule has 1 N–H and O–H groups in total. The SMILES string of the molecule is COCc1nc(CNc2ccccn2)cs1. The van der Waals surface area contributed by atoms with E-state index in [-0.39, 0.29) is 0 Å². The second-order valence-electron chi connectivity index (χ2n) is 3.23. The van der Waals surface area contributed by atoms with Crippen LogP contribution in [-0.4, -0.2) is 17.1 Å². The Morgan fingerprint density at radius 1 is 1.44 bits per heavy atom. The van der Waals surface area contributed by atoms with Gasteiger partial charge in [-0.2, -0.15) is 0 Å². The predicted octanol–water partition coefficient (Wildman–Crippen LogP) is 2.30. The number of pyridine rings is 1. The lowest BCUT2D eigenvalue weighted by Gasteiger charge is -2.01. The highest BCUT2D eigenvalue weighted by Gasteiger charge is 2.01. The highest BCUT2D eigenvalue weighted by molar-refractivity contribution is 7.09. The first-order valence-electron chi connectivity index (χ1n) is 4.95. The number of aromatic nitrogens is 2. The van der Waals surface area contributed by atoms with Crippen molar-refractivity contribution in [3.05, 3.63) is 40.5 Å². The summed E-state index contributed by atoms with van der Waals surface area (Å²) >= 11 is 1.61. The Kier molecular flexibility index (Phi) is 3.85. The van der Waals surface area contributed by atoms with Crippen LogP contribution in [0.2, 0.25) is 0 Å². The van der Waals surface area contributed by atoms with Gasteiger partial charge in [0.1, 0.15) is 10.8 Å². The monoisotopic (exact) mass is 235 g/mol. The van der Waals surface area contributed by atoms with Gasteiger partial charge in [-0.1, -0.05) is 6.07 Å². The summed E-state index contributed by atoms with van der Waals surface area (Å²) in [4.78, 5) is 8.60. The number of hydrogen-bond acceptors (Lipinski definition) is 5. The van der Waals surface area contributed by atoms with Crippen LogP contribution < -0.4 is 5.32 Å². The van der Waals surface area contributed by atoms with Crippen LogP contribution in [0.1, 0.15) is 10.7 Å². The Morgan fingerprint density at radius 3 is 3.12 bits per heavy atom.